The zero-order valence-corrected chi connectivity index (χ0v) is 14.2. The Balaban J connectivity index is 2.01. The van der Waals surface area contributed by atoms with E-state index in [2.05, 4.69) is 5.32 Å². The number of carbonyl (C=O) groups excluding carboxylic acids is 2. The summed E-state index contributed by atoms with van der Waals surface area (Å²) in [5, 5.41) is 2.79. The van der Waals surface area contributed by atoms with Gasteiger partial charge in [0, 0.05) is 25.2 Å². The van der Waals surface area contributed by atoms with Crippen molar-refractivity contribution in [2.45, 2.75) is 20.4 Å². The van der Waals surface area contributed by atoms with Gasteiger partial charge < -0.3 is 15.0 Å². The molecule has 0 aliphatic heterocycles. The van der Waals surface area contributed by atoms with E-state index >= 15 is 0 Å². The number of anilines is 1. The molecule has 2 rings (SSSR count). The van der Waals surface area contributed by atoms with Crippen molar-refractivity contribution in [1.82, 2.24) is 4.90 Å². The lowest BCUT2D eigenvalue weighted by Gasteiger charge is -2.21. The molecule has 0 aliphatic rings. The summed E-state index contributed by atoms with van der Waals surface area (Å²) >= 11 is 0. The zero-order valence-electron chi connectivity index (χ0n) is 14.2. The first-order chi connectivity index (χ1) is 11.5. The zero-order chi connectivity index (χ0) is 17.5. The Hall–Kier alpha value is -2.82. The first kappa shape index (κ1) is 17.5. The molecule has 0 fully saturated rings. The van der Waals surface area contributed by atoms with E-state index in [4.69, 9.17) is 4.74 Å². The van der Waals surface area contributed by atoms with Crippen molar-refractivity contribution in [2.24, 2.45) is 0 Å². The normalized spacial score (nSPS) is 10.1. The Morgan fingerprint density at radius 3 is 2.54 bits per heavy atom. The van der Waals surface area contributed by atoms with E-state index in [1.165, 1.54) is 11.8 Å². The number of hydrogen-bond donors (Lipinski definition) is 1. The molecular formula is C19H22N2O3. The fourth-order valence-corrected chi connectivity index (χ4v) is 2.38. The molecule has 0 heterocycles. The summed E-state index contributed by atoms with van der Waals surface area (Å²) in [4.78, 5) is 25.6. The van der Waals surface area contributed by atoms with Crippen LogP contribution in [0.3, 0.4) is 0 Å². The second-order valence-electron chi connectivity index (χ2n) is 5.64. The monoisotopic (exact) mass is 326 g/mol. The molecule has 5 nitrogen and oxygen atoms in total. The van der Waals surface area contributed by atoms with Gasteiger partial charge in [0.15, 0.2) is 0 Å². The van der Waals surface area contributed by atoms with Crippen LogP contribution >= 0.6 is 0 Å². The molecule has 0 aromatic heterocycles. The van der Waals surface area contributed by atoms with Crippen LogP contribution in [0.4, 0.5) is 5.69 Å². The molecule has 0 saturated heterocycles. The average Bonchev–Trinajstić information content (AvgIpc) is 2.54. The largest absolute Gasteiger partial charge is 0.497 e. The standard InChI is InChI=1S/C19H22N2O3/c1-14-6-4-7-16(10-14)12-21(15(2)22)13-19(23)20-17-8-5-9-18(11-17)24-3/h4-11H,12-13H2,1-3H3,(H,20,23). The average molecular weight is 326 g/mol. The third kappa shape index (κ3) is 5.12. The summed E-state index contributed by atoms with van der Waals surface area (Å²) in [6.07, 6.45) is 0. The molecule has 5 heteroatoms. The van der Waals surface area contributed by atoms with Crippen molar-refractivity contribution in [3.8, 4) is 5.75 Å². The van der Waals surface area contributed by atoms with Gasteiger partial charge in [0.1, 0.15) is 12.3 Å². The van der Waals surface area contributed by atoms with Gasteiger partial charge in [-0.3, -0.25) is 9.59 Å². The van der Waals surface area contributed by atoms with E-state index in [-0.39, 0.29) is 18.4 Å². The van der Waals surface area contributed by atoms with Crippen LogP contribution < -0.4 is 10.1 Å². The summed E-state index contributed by atoms with van der Waals surface area (Å²) in [5.74, 6) is 0.277. The molecule has 1 N–H and O–H groups in total. The number of hydrogen-bond acceptors (Lipinski definition) is 3. The van der Waals surface area contributed by atoms with Crippen LogP contribution in [0.1, 0.15) is 18.1 Å². The highest BCUT2D eigenvalue weighted by Gasteiger charge is 2.14. The van der Waals surface area contributed by atoms with Gasteiger partial charge in [-0.05, 0) is 24.6 Å². The van der Waals surface area contributed by atoms with Gasteiger partial charge >= 0.3 is 0 Å². The lowest BCUT2D eigenvalue weighted by molar-refractivity contribution is -0.133. The summed E-state index contributed by atoms with van der Waals surface area (Å²) < 4.78 is 5.13. The molecule has 24 heavy (non-hydrogen) atoms. The number of benzene rings is 2. The number of carbonyl (C=O) groups is 2. The highest BCUT2D eigenvalue weighted by molar-refractivity contribution is 5.94. The van der Waals surface area contributed by atoms with Gasteiger partial charge in [-0.25, -0.2) is 0 Å². The fraction of sp³-hybridized carbons (Fsp3) is 0.263. The van der Waals surface area contributed by atoms with E-state index in [0.717, 1.165) is 11.1 Å². The minimum Gasteiger partial charge on any atom is -0.497 e. The lowest BCUT2D eigenvalue weighted by atomic mass is 10.1. The first-order valence-corrected chi connectivity index (χ1v) is 7.73. The maximum atomic E-state index is 12.2. The minimum absolute atomic E-state index is 0.000481. The van der Waals surface area contributed by atoms with Gasteiger partial charge in [-0.15, -0.1) is 0 Å². The second-order valence-corrected chi connectivity index (χ2v) is 5.64. The van der Waals surface area contributed by atoms with Gasteiger partial charge in [0.25, 0.3) is 0 Å². The maximum absolute atomic E-state index is 12.2. The molecule has 0 atom stereocenters. The molecule has 0 radical (unpaired) electrons. The first-order valence-electron chi connectivity index (χ1n) is 7.73. The number of amides is 2. The van der Waals surface area contributed by atoms with Crippen molar-refractivity contribution < 1.29 is 14.3 Å². The smallest absolute Gasteiger partial charge is 0.244 e. The molecule has 126 valence electrons. The SMILES string of the molecule is COc1cccc(NC(=O)CN(Cc2cccc(C)c2)C(C)=O)c1. The summed E-state index contributed by atoms with van der Waals surface area (Å²) in [6.45, 7) is 3.87. The predicted octanol–water partition coefficient (Wildman–Crippen LogP) is 2.99. The van der Waals surface area contributed by atoms with Crippen LogP contribution in [-0.2, 0) is 16.1 Å². The number of nitrogens with one attached hydrogen (secondary N) is 1. The summed E-state index contributed by atoms with van der Waals surface area (Å²) in [5.41, 5.74) is 2.76. The van der Waals surface area contributed by atoms with Crippen LogP contribution in [0.5, 0.6) is 5.75 Å². The molecule has 0 saturated carbocycles. The summed E-state index contributed by atoms with van der Waals surface area (Å²) in [6, 6.07) is 15.0. The van der Waals surface area contributed by atoms with Crippen LogP contribution in [-0.4, -0.2) is 30.4 Å². The van der Waals surface area contributed by atoms with Crippen LogP contribution in [0.2, 0.25) is 0 Å². The van der Waals surface area contributed by atoms with E-state index in [9.17, 15) is 9.59 Å². The van der Waals surface area contributed by atoms with Crippen molar-refractivity contribution in [3.63, 3.8) is 0 Å². The van der Waals surface area contributed by atoms with Crippen molar-refractivity contribution in [2.75, 3.05) is 19.0 Å². The Labute approximate surface area is 142 Å². The lowest BCUT2D eigenvalue weighted by Crippen LogP contribution is -2.36. The van der Waals surface area contributed by atoms with Crippen molar-refractivity contribution >= 4 is 17.5 Å². The van der Waals surface area contributed by atoms with E-state index in [1.54, 1.807) is 31.4 Å². The Kier molecular flexibility index (Phi) is 5.95. The third-order valence-electron chi connectivity index (χ3n) is 3.59. The van der Waals surface area contributed by atoms with Crippen molar-refractivity contribution in [1.29, 1.82) is 0 Å². The second kappa shape index (κ2) is 8.15. The third-order valence-corrected chi connectivity index (χ3v) is 3.59. The number of methoxy groups -OCH3 is 1. The summed E-state index contributed by atoms with van der Waals surface area (Å²) in [7, 11) is 1.57. The van der Waals surface area contributed by atoms with E-state index in [0.29, 0.717) is 18.0 Å². The highest BCUT2D eigenvalue weighted by atomic mass is 16.5. The molecule has 0 aliphatic carbocycles. The van der Waals surface area contributed by atoms with Gasteiger partial charge in [-0.1, -0.05) is 35.9 Å². The number of ether oxygens (including phenoxy) is 1. The van der Waals surface area contributed by atoms with Crippen LogP contribution in [0.25, 0.3) is 0 Å². The number of aryl methyl sites for hydroxylation is 1. The van der Waals surface area contributed by atoms with Crippen LogP contribution in [0, 0.1) is 6.92 Å². The predicted molar refractivity (Wildman–Crippen MR) is 93.9 cm³/mol. The number of rotatable bonds is 6. The molecule has 0 bridgehead atoms. The van der Waals surface area contributed by atoms with Crippen LogP contribution in [0.15, 0.2) is 48.5 Å². The molecule has 2 aromatic carbocycles. The van der Waals surface area contributed by atoms with Gasteiger partial charge in [0.05, 0.1) is 7.11 Å². The molecular weight excluding hydrogens is 304 g/mol. The Morgan fingerprint density at radius 2 is 1.88 bits per heavy atom. The fourth-order valence-electron chi connectivity index (χ4n) is 2.38. The van der Waals surface area contributed by atoms with Crippen molar-refractivity contribution in [3.05, 3.63) is 59.7 Å². The molecule has 2 aromatic rings. The van der Waals surface area contributed by atoms with Gasteiger partial charge in [0.2, 0.25) is 11.8 Å². The highest BCUT2D eigenvalue weighted by Crippen LogP contribution is 2.16. The molecule has 0 spiro atoms. The number of nitrogens with zero attached hydrogens (tertiary/aromatic N) is 1. The Bertz CT molecular complexity index is 728. The molecule has 0 unspecified atom stereocenters. The van der Waals surface area contributed by atoms with E-state index in [1.807, 2.05) is 31.2 Å². The topological polar surface area (TPSA) is 58.6 Å². The van der Waals surface area contributed by atoms with E-state index < -0.39 is 0 Å². The molecule has 2 amide bonds. The minimum atomic E-state index is -0.244. The maximum Gasteiger partial charge on any atom is 0.244 e. The van der Waals surface area contributed by atoms with Gasteiger partial charge in [-0.2, -0.15) is 0 Å². The Morgan fingerprint density at radius 1 is 1.12 bits per heavy atom. The quantitative estimate of drug-likeness (QED) is 0.888.